The van der Waals surface area contributed by atoms with Crippen molar-refractivity contribution in [3.8, 4) is 0 Å². The standard InChI is InChI=1S/C19H25N3O3/c1-13(2)25-18(23)12-22-16-7-4-3-6-15(16)21-17(22)8-5-11-20-19(24)14-9-10-14/h3-4,6-7,13-14H,5,8-12H2,1-2H3,(H,20,24). The van der Waals surface area contributed by atoms with E-state index < -0.39 is 0 Å². The van der Waals surface area contributed by atoms with Gasteiger partial charge in [-0.3, -0.25) is 9.59 Å². The maximum absolute atomic E-state index is 12.1. The molecule has 1 aromatic carbocycles. The number of nitrogens with one attached hydrogen (secondary N) is 1. The predicted octanol–water partition coefficient (Wildman–Crippen LogP) is 2.45. The number of aromatic nitrogens is 2. The minimum Gasteiger partial charge on any atom is -0.462 e. The Hall–Kier alpha value is -2.37. The Morgan fingerprint density at radius 2 is 2.08 bits per heavy atom. The number of nitrogens with zero attached hydrogens (tertiary/aromatic N) is 2. The normalized spacial score (nSPS) is 14.0. The van der Waals surface area contributed by atoms with Crippen molar-refractivity contribution in [3.63, 3.8) is 0 Å². The van der Waals surface area contributed by atoms with Crippen LogP contribution in [0.4, 0.5) is 0 Å². The van der Waals surface area contributed by atoms with E-state index in [4.69, 9.17) is 4.74 Å². The molecular weight excluding hydrogens is 318 g/mol. The second-order valence-corrected chi connectivity index (χ2v) is 6.81. The fourth-order valence-electron chi connectivity index (χ4n) is 2.87. The molecule has 0 saturated heterocycles. The quantitative estimate of drug-likeness (QED) is 0.590. The number of esters is 1. The summed E-state index contributed by atoms with van der Waals surface area (Å²) in [6.07, 6.45) is 3.39. The first-order valence-corrected chi connectivity index (χ1v) is 8.96. The van der Waals surface area contributed by atoms with Gasteiger partial charge in [0.2, 0.25) is 5.91 Å². The van der Waals surface area contributed by atoms with E-state index in [0.29, 0.717) is 13.0 Å². The molecule has 0 radical (unpaired) electrons. The monoisotopic (exact) mass is 343 g/mol. The van der Waals surface area contributed by atoms with E-state index in [1.54, 1.807) is 0 Å². The van der Waals surface area contributed by atoms with Gasteiger partial charge in [0.05, 0.1) is 17.1 Å². The number of aryl methyl sites for hydroxylation is 1. The summed E-state index contributed by atoms with van der Waals surface area (Å²) < 4.78 is 7.19. The van der Waals surface area contributed by atoms with Crippen LogP contribution >= 0.6 is 0 Å². The first-order chi connectivity index (χ1) is 12.0. The molecule has 1 heterocycles. The van der Waals surface area contributed by atoms with Crippen LogP contribution in [0.5, 0.6) is 0 Å². The summed E-state index contributed by atoms with van der Waals surface area (Å²) in [5.41, 5.74) is 1.80. The van der Waals surface area contributed by atoms with Crippen molar-refractivity contribution in [1.82, 2.24) is 14.9 Å². The molecule has 0 unspecified atom stereocenters. The van der Waals surface area contributed by atoms with Gasteiger partial charge in [-0.1, -0.05) is 12.1 Å². The fourth-order valence-corrected chi connectivity index (χ4v) is 2.87. The van der Waals surface area contributed by atoms with Gasteiger partial charge in [-0.2, -0.15) is 0 Å². The summed E-state index contributed by atoms with van der Waals surface area (Å²) in [7, 11) is 0. The van der Waals surface area contributed by atoms with Gasteiger partial charge >= 0.3 is 5.97 Å². The molecule has 0 atom stereocenters. The van der Waals surface area contributed by atoms with Crippen LogP contribution in [0.2, 0.25) is 0 Å². The Labute approximate surface area is 147 Å². The number of hydrogen-bond donors (Lipinski definition) is 1. The Balaban J connectivity index is 1.66. The van der Waals surface area contributed by atoms with E-state index >= 15 is 0 Å². The third-order valence-corrected chi connectivity index (χ3v) is 4.21. The zero-order valence-electron chi connectivity index (χ0n) is 14.8. The lowest BCUT2D eigenvalue weighted by Crippen LogP contribution is -2.26. The predicted molar refractivity (Wildman–Crippen MR) is 95.0 cm³/mol. The average molecular weight is 343 g/mol. The van der Waals surface area contributed by atoms with Crippen molar-refractivity contribution in [2.45, 2.75) is 52.2 Å². The van der Waals surface area contributed by atoms with Crippen LogP contribution in [0.3, 0.4) is 0 Å². The summed E-state index contributed by atoms with van der Waals surface area (Å²) in [4.78, 5) is 28.4. The molecule has 3 rings (SSSR count). The van der Waals surface area contributed by atoms with Crippen molar-refractivity contribution in [1.29, 1.82) is 0 Å². The number of fused-ring (bicyclic) bond motifs is 1. The molecule has 1 aliphatic carbocycles. The Bertz CT molecular complexity index is 762. The molecule has 134 valence electrons. The third-order valence-electron chi connectivity index (χ3n) is 4.21. The van der Waals surface area contributed by atoms with Gasteiger partial charge in [0.15, 0.2) is 0 Å². The first-order valence-electron chi connectivity index (χ1n) is 8.96. The van der Waals surface area contributed by atoms with Crippen molar-refractivity contribution in [2.24, 2.45) is 5.92 Å². The summed E-state index contributed by atoms with van der Waals surface area (Å²) in [6.45, 7) is 4.47. The maximum atomic E-state index is 12.1. The van der Waals surface area contributed by atoms with E-state index in [9.17, 15) is 9.59 Å². The van der Waals surface area contributed by atoms with Crippen LogP contribution in [0.25, 0.3) is 11.0 Å². The highest BCUT2D eigenvalue weighted by molar-refractivity contribution is 5.81. The minimum absolute atomic E-state index is 0.136. The van der Waals surface area contributed by atoms with Crippen LogP contribution < -0.4 is 5.32 Å². The molecule has 2 aromatic rings. The molecule has 1 aliphatic rings. The van der Waals surface area contributed by atoms with E-state index in [1.807, 2.05) is 42.7 Å². The van der Waals surface area contributed by atoms with Crippen molar-refractivity contribution < 1.29 is 14.3 Å². The summed E-state index contributed by atoms with van der Waals surface area (Å²) in [6, 6.07) is 7.78. The largest absolute Gasteiger partial charge is 0.462 e. The number of para-hydroxylation sites is 2. The van der Waals surface area contributed by atoms with Gasteiger partial charge in [-0.15, -0.1) is 0 Å². The van der Waals surface area contributed by atoms with Crippen LogP contribution in [0.1, 0.15) is 38.9 Å². The molecule has 1 N–H and O–H groups in total. The molecule has 0 bridgehead atoms. The van der Waals surface area contributed by atoms with E-state index in [1.165, 1.54) is 0 Å². The molecule has 0 aliphatic heterocycles. The van der Waals surface area contributed by atoms with Crippen LogP contribution in [-0.4, -0.2) is 34.1 Å². The Morgan fingerprint density at radius 1 is 1.32 bits per heavy atom. The lowest BCUT2D eigenvalue weighted by molar-refractivity contribution is -0.148. The zero-order valence-corrected chi connectivity index (χ0v) is 14.8. The number of imidazole rings is 1. The Morgan fingerprint density at radius 3 is 2.80 bits per heavy atom. The second-order valence-electron chi connectivity index (χ2n) is 6.81. The highest BCUT2D eigenvalue weighted by Crippen LogP contribution is 2.28. The third kappa shape index (κ3) is 4.59. The SMILES string of the molecule is CC(C)OC(=O)Cn1c(CCCNC(=O)C2CC2)nc2ccccc21. The van der Waals surface area contributed by atoms with Crippen molar-refractivity contribution in [3.05, 3.63) is 30.1 Å². The van der Waals surface area contributed by atoms with Gasteiger partial charge in [0.25, 0.3) is 0 Å². The van der Waals surface area contributed by atoms with Crippen LogP contribution in [0.15, 0.2) is 24.3 Å². The van der Waals surface area contributed by atoms with Gasteiger partial charge < -0.3 is 14.6 Å². The molecule has 1 amide bonds. The zero-order chi connectivity index (χ0) is 17.8. The second kappa shape index (κ2) is 7.68. The molecule has 25 heavy (non-hydrogen) atoms. The minimum atomic E-state index is -0.263. The first kappa shape index (κ1) is 17.5. The number of benzene rings is 1. The lowest BCUT2D eigenvalue weighted by Gasteiger charge is -2.11. The number of hydrogen-bond acceptors (Lipinski definition) is 4. The topological polar surface area (TPSA) is 73.2 Å². The highest BCUT2D eigenvalue weighted by Gasteiger charge is 2.29. The average Bonchev–Trinajstić information content (AvgIpc) is 3.35. The molecule has 6 heteroatoms. The Kier molecular flexibility index (Phi) is 5.36. The summed E-state index contributed by atoms with van der Waals surface area (Å²) in [5, 5.41) is 2.97. The molecule has 1 fully saturated rings. The molecule has 0 spiro atoms. The van der Waals surface area contributed by atoms with Crippen molar-refractivity contribution in [2.75, 3.05) is 6.54 Å². The van der Waals surface area contributed by atoms with Gasteiger partial charge in [0.1, 0.15) is 12.4 Å². The highest BCUT2D eigenvalue weighted by atomic mass is 16.5. The van der Waals surface area contributed by atoms with E-state index in [-0.39, 0.29) is 30.4 Å². The smallest absolute Gasteiger partial charge is 0.326 e. The molecular formula is C19H25N3O3. The van der Waals surface area contributed by atoms with Gasteiger partial charge in [-0.05, 0) is 45.2 Å². The number of rotatable bonds is 8. The number of carbonyl (C=O) groups is 2. The summed E-state index contributed by atoms with van der Waals surface area (Å²) in [5.74, 6) is 0.980. The fraction of sp³-hybridized carbons (Fsp3) is 0.526. The number of ether oxygens (including phenoxy) is 1. The number of carbonyl (C=O) groups excluding carboxylic acids is 2. The van der Waals surface area contributed by atoms with Crippen molar-refractivity contribution >= 4 is 22.9 Å². The summed E-state index contributed by atoms with van der Waals surface area (Å²) >= 11 is 0. The van der Waals surface area contributed by atoms with Gasteiger partial charge in [0, 0.05) is 18.9 Å². The number of amides is 1. The molecule has 1 saturated carbocycles. The van der Waals surface area contributed by atoms with E-state index in [2.05, 4.69) is 10.3 Å². The van der Waals surface area contributed by atoms with Crippen LogP contribution in [0, 0.1) is 5.92 Å². The van der Waals surface area contributed by atoms with E-state index in [0.717, 1.165) is 36.1 Å². The molecule has 1 aromatic heterocycles. The van der Waals surface area contributed by atoms with Gasteiger partial charge in [-0.25, -0.2) is 4.98 Å². The molecule has 6 nitrogen and oxygen atoms in total. The lowest BCUT2D eigenvalue weighted by atomic mass is 10.2. The maximum Gasteiger partial charge on any atom is 0.326 e. The van der Waals surface area contributed by atoms with Crippen LogP contribution in [-0.2, 0) is 27.3 Å².